The van der Waals surface area contributed by atoms with Crippen molar-refractivity contribution in [3.8, 4) is 0 Å². The third-order valence-electron chi connectivity index (χ3n) is 3.21. The Bertz CT molecular complexity index is 636. The molecule has 1 aliphatic heterocycles. The number of rotatable bonds is 3. The lowest BCUT2D eigenvalue weighted by molar-refractivity contribution is 0.539. The average molecular weight is 266 g/mol. The van der Waals surface area contributed by atoms with E-state index in [0.717, 1.165) is 11.4 Å². The molecule has 1 aliphatic rings. The normalized spacial score (nSPS) is 13.9. The van der Waals surface area contributed by atoms with E-state index in [1.165, 1.54) is 11.1 Å². The second kappa shape index (κ2) is 5.25. The van der Waals surface area contributed by atoms with E-state index in [-0.39, 0.29) is 0 Å². The van der Waals surface area contributed by atoms with Crippen molar-refractivity contribution in [3.63, 3.8) is 0 Å². The Morgan fingerprint density at radius 2 is 1.75 bits per heavy atom. The Hall–Kier alpha value is -2.49. The van der Waals surface area contributed by atoms with Crippen LogP contribution in [0.4, 0.5) is 11.4 Å². The fourth-order valence-corrected chi connectivity index (χ4v) is 2.22. The molecule has 2 aromatic rings. The smallest absolute Gasteiger partial charge is 0.133 e. The molecule has 102 valence electrons. The second-order valence-corrected chi connectivity index (χ2v) is 5.06. The fourth-order valence-electron chi connectivity index (χ4n) is 2.22. The van der Waals surface area contributed by atoms with Crippen molar-refractivity contribution < 1.29 is 0 Å². The lowest BCUT2D eigenvalue weighted by Crippen LogP contribution is -2.31. The van der Waals surface area contributed by atoms with Gasteiger partial charge in [-0.2, -0.15) is 5.10 Å². The minimum absolute atomic E-state index is 0.692. The summed E-state index contributed by atoms with van der Waals surface area (Å²) >= 11 is 0. The molecule has 0 saturated carbocycles. The van der Waals surface area contributed by atoms with Crippen LogP contribution in [-0.2, 0) is 0 Å². The molecule has 0 radical (unpaired) electrons. The number of anilines is 2. The van der Waals surface area contributed by atoms with Gasteiger partial charge in [0, 0.05) is 0 Å². The monoisotopic (exact) mass is 266 g/mol. The van der Waals surface area contributed by atoms with Crippen LogP contribution in [0.1, 0.15) is 11.1 Å². The van der Waals surface area contributed by atoms with Gasteiger partial charge in [-0.05, 0) is 49.2 Å². The number of hydrazine groups is 1. The number of nitrogens with one attached hydrogen (secondary N) is 1. The molecule has 4 nitrogen and oxygen atoms in total. The first-order chi connectivity index (χ1) is 9.70. The topological polar surface area (TPSA) is 30.9 Å². The molecule has 4 heteroatoms. The van der Waals surface area contributed by atoms with E-state index in [2.05, 4.69) is 66.8 Å². The van der Waals surface area contributed by atoms with Crippen molar-refractivity contribution in [2.24, 2.45) is 5.10 Å². The van der Waals surface area contributed by atoms with Crippen LogP contribution in [0.2, 0.25) is 0 Å². The Morgan fingerprint density at radius 1 is 1.00 bits per heavy atom. The van der Waals surface area contributed by atoms with Crippen molar-refractivity contribution in [2.45, 2.75) is 13.8 Å². The number of hydrazone groups is 1. The summed E-state index contributed by atoms with van der Waals surface area (Å²) in [6.45, 7) is 4.87. The molecule has 0 atom stereocenters. The van der Waals surface area contributed by atoms with Gasteiger partial charge in [0.2, 0.25) is 0 Å². The fraction of sp³-hybridized carbons (Fsp3) is 0.188. The first-order valence-electron chi connectivity index (χ1n) is 6.69. The van der Waals surface area contributed by atoms with Gasteiger partial charge in [0.05, 0.1) is 11.4 Å². The molecule has 0 aromatic heterocycles. The Morgan fingerprint density at radius 3 is 2.50 bits per heavy atom. The van der Waals surface area contributed by atoms with E-state index >= 15 is 0 Å². The molecule has 0 spiro atoms. The minimum atomic E-state index is 0.692. The summed E-state index contributed by atoms with van der Waals surface area (Å²) in [7, 11) is 0. The van der Waals surface area contributed by atoms with Gasteiger partial charge in [-0.3, -0.25) is 10.4 Å². The van der Waals surface area contributed by atoms with Gasteiger partial charge in [-0.1, -0.05) is 24.3 Å². The van der Waals surface area contributed by atoms with Crippen LogP contribution in [0.25, 0.3) is 0 Å². The number of hydrogen-bond acceptors (Lipinski definition) is 4. The van der Waals surface area contributed by atoms with Gasteiger partial charge < -0.3 is 0 Å². The molecule has 0 saturated heterocycles. The van der Waals surface area contributed by atoms with Crippen molar-refractivity contribution >= 4 is 17.7 Å². The maximum Gasteiger partial charge on any atom is 0.133 e. The van der Waals surface area contributed by atoms with Crippen molar-refractivity contribution in [3.05, 3.63) is 59.7 Å². The summed E-state index contributed by atoms with van der Waals surface area (Å²) in [5, 5.41) is 8.36. The summed E-state index contributed by atoms with van der Waals surface area (Å²) in [6, 6.07) is 16.6. The van der Waals surface area contributed by atoms with Crippen LogP contribution >= 0.6 is 0 Å². The van der Waals surface area contributed by atoms with Crippen LogP contribution in [0.15, 0.2) is 53.6 Å². The largest absolute Gasteiger partial charge is 0.296 e. The quantitative estimate of drug-likeness (QED) is 0.924. The minimum Gasteiger partial charge on any atom is -0.296 e. The Kier molecular flexibility index (Phi) is 3.29. The number of hydrogen-bond donors (Lipinski definition) is 1. The summed E-state index contributed by atoms with van der Waals surface area (Å²) < 4.78 is 0. The van der Waals surface area contributed by atoms with Gasteiger partial charge in [0.15, 0.2) is 0 Å². The standard InChI is InChI=1S/C16H18N4/c1-13-5-3-7-15(9-13)18-19-11-17-20(12-19)16-8-4-6-14(2)10-16/h3-11,18H,12H2,1-2H3. The van der Waals surface area contributed by atoms with Crippen LogP contribution < -0.4 is 10.4 Å². The van der Waals surface area contributed by atoms with E-state index < -0.39 is 0 Å². The summed E-state index contributed by atoms with van der Waals surface area (Å²) in [5.74, 6) is 0. The number of nitrogens with zero attached hydrogens (tertiary/aromatic N) is 3. The maximum absolute atomic E-state index is 4.42. The molecular formula is C16H18N4. The molecule has 2 aromatic carbocycles. The summed E-state index contributed by atoms with van der Waals surface area (Å²) in [4.78, 5) is 0. The second-order valence-electron chi connectivity index (χ2n) is 5.06. The highest BCUT2D eigenvalue weighted by atomic mass is 15.7. The van der Waals surface area contributed by atoms with E-state index in [4.69, 9.17) is 0 Å². The van der Waals surface area contributed by atoms with Gasteiger partial charge >= 0.3 is 0 Å². The van der Waals surface area contributed by atoms with Crippen LogP contribution in [0.5, 0.6) is 0 Å². The number of aryl methyl sites for hydroxylation is 2. The third kappa shape index (κ3) is 2.74. The zero-order chi connectivity index (χ0) is 13.9. The van der Waals surface area contributed by atoms with Crippen LogP contribution in [0.3, 0.4) is 0 Å². The maximum atomic E-state index is 4.42. The van der Waals surface area contributed by atoms with Gasteiger partial charge in [-0.15, -0.1) is 0 Å². The summed E-state index contributed by atoms with van der Waals surface area (Å²) in [5.41, 5.74) is 7.99. The van der Waals surface area contributed by atoms with Crippen LogP contribution in [-0.4, -0.2) is 18.0 Å². The van der Waals surface area contributed by atoms with E-state index in [9.17, 15) is 0 Å². The predicted molar refractivity (Wildman–Crippen MR) is 83.7 cm³/mol. The molecule has 1 heterocycles. The lowest BCUT2D eigenvalue weighted by Gasteiger charge is -2.20. The molecule has 3 rings (SSSR count). The SMILES string of the molecule is Cc1cccc(NN2C=NN(c3cccc(C)c3)C2)c1. The molecule has 20 heavy (non-hydrogen) atoms. The first kappa shape index (κ1) is 12.5. The highest BCUT2D eigenvalue weighted by Gasteiger charge is 2.15. The average Bonchev–Trinajstić information content (AvgIpc) is 2.87. The molecule has 0 amide bonds. The molecule has 0 unspecified atom stereocenters. The Labute approximate surface area is 119 Å². The summed E-state index contributed by atoms with van der Waals surface area (Å²) in [6.07, 6.45) is 1.81. The number of benzene rings is 2. The molecule has 0 bridgehead atoms. The zero-order valence-corrected chi connectivity index (χ0v) is 11.7. The zero-order valence-electron chi connectivity index (χ0n) is 11.7. The molecular weight excluding hydrogens is 248 g/mol. The molecule has 0 aliphatic carbocycles. The molecule has 1 N–H and O–H groups in total. The lowest BCUT2D eigenvalue weighted by atomic mass is 10.2. The van der Waals surface area contributed by atoms with Crippen molar-refractivity contribution in [2.75, 3.05) is 17.1 Å². The van der Waals surface area contributed by atoms with Crippen molar-refractivity contribution in [1.29, 1.82) is 0 Å². The van der Waals surface area contributed by atoms with Crippen molar-refractivity contribution in [1.82, 2.24) is 5.01 Å². The highest BCUT2D eigenvalue weighted by molar-refractivity contribution is 5.65. The molecule has 0 fully saturated rings. The van der Waals surface area contributed by atoms with E-state index in [0.29, 0.717) is 6.67 Å². The van der Waals surface area contributed by atoms with Gasteiger partial charge in [-0.25, -0.2) is 5.01 Å². The van der Waals surface area contributed by atoms with E-state index in [1.807, 2.05) is 22.4 Å². The Balaban J connectivity index is 1.67. The van der Waals surface area contributed by atoms with E-state index in [1.54, 1.807) is 0 Å². The predicted octanol–water partition coefficient (Wildman–Crippen LogP) is 3.35. The van der Waals surface area contributed by atoms with Gasteiger partial charge in [0.25, 0.3) is 0 Å². The van der Waals surface area contributed by atoms with Gasteiger partial charge in [0.1, 0.15) is 13.0 Å². The first-order valence-corrected chi connectivity index (χ1v) is 6.69. The highest BCUT2D eigenvalue weighted by Crippen LogP contribution is 2.19. The van der Waals surface area contributed by atoms with Crippen LogP contribution in [0, 0.1) is 13.8 Å². The third-order valence-corrected chi connectivity index (χ3v) is 3.21.